The van der Waals surface area contributed by atoms with Gasteiger partial charge >= 0.3 is 0 Å². The van der Waals surface area contributed by atoms with Crippen LogP contribution >= 0.6 is 39.1 Å². The molecule has 0 N–H and O–H groups in total. The fourth-order valence-electron chi connectivity index (χ4n) is 1.11. The van der Waals surface area contributed by atoms with Gasteiger partial charge in [0.15, 0.2) is 0 Å². The molecule has 0 aliphatic carbocycles. The van der Waals surface area contributed by atoms with Crippen LogP contribution in [0.4, 0.5) is 0 Å². The molecule has 1 aromatic heterocycles. The van der Waals surface area contributed by atoms with Crippen LogP contribution in [0, 0.1) is 0 Å². The van der Waals surface area contributed by atoms with E-state index in [0.29, 0.717) is 21.7 Å². The third-order valence-electron chi connectivity index (χ3n) is 1.82. The van der Waals surface area contributed by atoms with Gasteiger partial charge in [-0.15, -0.1) is 0 Å². The Kier molecular flexibility index (Phi) is 3.69. The highest BCUT2D eigenvalue weighted by atomic mass is 79.9. The van der Waals surface area contributed by atoms with Crippen LogP contribution in [0.2, 0.25) is 10.0 Å². The lowest BCUT2D eigenvalue weighted by Crippen LogP contribution is -1.89. The maximum atomic E-state index is 5.94. The Morgan fingerprint density at radius 2 is 1.94 bits per heavy atom. The van der Waals surface area contributed by atoms with Crippen molar-refractivity contribution in [2.24, 2.45) is 0 Å². The number of aromatic nitrogens is 1. The minimum absolute atomic E-state index is 0.331. The van der Waals surface area contributed by atoms with Crippen LogP contribution in [-0.4, -0.2) is 4.98 Å². The van der Waals surface area contributed by atoms with Crippen molar-refractivity contribution < 1.29 is 4.74 Å². The number of benzene rings is 1. The first-order chi connectivity index (χ1) is 7.66. The monoisotopic (exact) mass is 317 g/mol. The van der Waals surface area contributed by atoms with Gasteiger partial charge in [-0.25, -0.2) is 4.98 Å². The molecule has 5 heteroatoms. The average molecular weight is 319 g/mol. The van der Waals surface area contributed by atoms with Crippen LogP contribution in [-0.2, 0) is 0 Å². The van der Waals surface area contributed by atoms with Crippen LogP contribution in [0.15, 0.2) is 41.0 Å². The Labute approximate surface area is 111 Å². The average Bonchev–Trinajstić information content (AvgIpc) is 2.25. The highest BCUT2D eigenvalue weighted by molar-refractivity contribution is 9.10. The molecule has 0 aliphatic rings. The molecule has 0 atom stereocenters. The molecule has 0 amide bonds. The lowest BCUT2D eigenvalue weighted by Gasteiger charge is -2.07. The van der Waals surface area contributed by atoms with Gasteiger partial charge in [0.1, 0.15) is 10.8 Å². The van der Waals surface area contributed by atoms with E-state index in [1.165, 1.54) is 6.20 Å². The van der Waals surface area contributed by atoms with Gasteiger partial charge in [-0.2, -0.15) is 0 Å². The van der Waals surface area contributed by atoms with Crippen molar-refractivity contribution >= 4 is 39.1 Å². The fourth-order valence-corrected chi connectivity index (χ4v) is 1.89. The van der Waals surface area contributed by atoms with Gasteiger partial charge in [0, 0.05) is 6.20 Å². The summed E-state index contributed by atoms with van der Waals surface area (Å²) in [7, 11) is 0. The topological polar surface area (TPSA) is 22.1 Å². The van der Waals surface area contributed by atoms with E-state index in [4.69, 9.17) is 27.9 Å². The minimum atomic E-state index is 0.331. The van der Waals surface area contributed by atoms with E-state index in [1.807, 2.05) is 24.3 Å². The van der Waals surface area contributed by atoms with Crippen molar-refractivity contribution in [2.75, 3.05) is 0 Å². The number of halogens is 3. The fraction of sp³-hybridized carbons (Fsp3) is 0. The van der Waals surface area contributed by atoms with Crippen LogP contribution in [0.25, 0.3) is 0 Å². The van der Waals surface area contributed by atoms with Crippen LogP contribution in [0.3, 0.4) is 0 Å². The number of rotatable bonds is 2. The van der Waals surface area contributed by atoms with Crippen molar-refractivity contribution in [1.82, 2.24) is 4.98 Å². The molecule has 0 aliphatic heterocycles. The number of ether oxygens (including phenoxy) is 1. The highest BCUT2D eigenvalue weighted by Crippen LogP contribution is 2.32. The lowest BCUT2D eigenvalue weighted by molar-refractivity contribution is 0.460. The van der Waals surface area contributed by atoms with E-state index in [-0.39, 0.29) is 0 Å². The summed E-state index contributed by atoms with van der Waals surface area (Å²) in [5.74, 6) is 0.984. The first-order valence-corrected chi connectivity index (χ1v) is 5.95. The summed E-state index contributed by atoms with van der Waals surface area (Å²) >= 11 is 15.1. The van der Waals surface area contributed by atoms with Crippen molar-refractivity contribution in [3.63, 3.8) is 0 Å². The third-order valence-corrected chi connectivity index (χ3v) is 2.95. The Balaban J connectivity index is 2.31. The van der Waals surface area contributed by atoms with Gasteiger partial charge in [-0.1, -0.05) is 35.3 Å². The molecule has 2 nitrogen and oxygen atoms in total. The summed E-state index contributed by atoms with van der Waals surface area (Å²) in [4.78, 5) is 4.01. The number of hydrogen-bond donors (Lipinski definition) is 0. The molecule has 16 heavy (non-hydrogen) atoms. The van der Waals surface area contributed by atoms with Crippen molar-refractivity contribution in [1.29, 1.82) is 0 Å². The van der Waals surface area contributed by atoms with Crippen molar-refractivity contribution in [3.05, 3.63) is 51.0 Å². The second-order valence-corrected chi connectivity index (χ2v) is 4.67. The summed E-state index contributed by atoms with van der Waals surface area (Å²) in [6.07, 6.45) is 1.49. The quantitative estimate of drug-likeness (QED) is 0.782. The summed E-state index contributed by atoms with van der Waals surface area (Å²) in [5.41, 5.74) is 0. The second-order valence-electron chi connectivity index (χ2n) is 2.97. The number of nitrogens with zero attached hydrogens (tertiary/aromatic N) is 1. The molecule has 1 heterocycles. The standard InChI is InChI=1S/C11H6BrCl2NO/c12-8-3-1-2-4-10(8)16-11-9(14)5-7(13)6-15-11/h1-6H. The van der Waals surface area contributed by atoms with Gasteiger partial charge in [0.25, 0.3) is 0 Å². The molecule has 1 aromatic carbocycles. The van der Waals surface area contributed by atoms with E-state index >= 15 is 0 Å². The molecule has 2 rings (SSSR count). The highest BCUT2D eigenvalue weighted by Gasteiger charge is 2.07. The smallest absolute Gasteiger partial charge is 0.238 e. The maximum Gasteiger partial charge on any atom is 0.238 e. The number of hydrogen-bond acceptors (Lipinski definition) is 2. The number of para-hydroxylation sites is 1. The Morgan fingerprint density at radius 1 is 1.19 bits per heavy atom. The molecule has 0 radical (unpaired) electrons. The van der Waals surface area contributed by atoms with E-state index in [1.54, 1.807) is 6.07 Å². The molecule has 0 saturated heterocycles. The SMILES string of the molecule is Clc1cnc(Oc2ccccc2Br)c(Cl)c1. The lowest BCUT2D eigenvalue weighted by atomic mass is 10.3. The Hall–Kier alpha value is -0.770. The predicted molar refractivity (Wildman–Crippen MR) is 68.5 cm³/mol. The molecule has 2 aromatic rings. The minimum Gasteiger partial charge on any atom is -0.436 e. The van der Waals surface area contributed by atoms with Gasteiger partial charge in [-0.3, -0.25) is 0 Å². The van der Waals surface area contributed by atoms with Gasteiger partial charge in [0.05, 0.1) is 9.50 Å². The van der Waals surface area contributed by atoms with Gasteiger partial charge in [0.2, 0.25) is 5.88 Å². The molecule has 0 spiro atoms. The largest absolute Gasteiger partial charge is 0.436 e. The zero-order chi connectivity index (χ0) is 11.5. The second kappa shape index (κ2) is 5.04. The van der Waals surface area contributed by atoms with E-state index in [9.17, 15) is 0 Å². The molecule has 0 bridgehead atoms. The van der Waals surface area contributed by atoms with Gasteiger partial charge in [-0.05, 0) is 34.1 Å². The summed E-state index contributed by atoms with van der Waals surface area (Å²) in [6, 6.07) is 9.04. The molecular weight excluding hydrogens is 313 g/mol. The van der Waals surface area contributed by atoms with E-state index in [0.717, 1.165) is 4.47 Å². The third kappa shape index (κ3) is 2.67. The van der Waals surface area contributed by atoms with Crippen LogP contribution in [0.5, 0.6) is 11.6 Å². The van der Waals surface area contributed by atoms with E-state index in [2.05, 4.69) is 20.9 Å². The Morgan fingerprint density at radius 3 is 2.62 bits per heavy atom. The Bertz CT molecular complexity index is 519. The van der Waals surface area contributed by atoms with Crippen molar-refractivity contribution in [2.45, 2.75) is 0 Å². The van der Waals surface area contributed by atoms with Crippen molar-refractivity contribution in [3.8, 4) is 11.6 Å². The summed E-state index contributed by atoms with van der Waals surface area (Å²) < 4.78 is 6.38. The zero-order valence-corrected chi connectivity index (χ0v) is 11.1. The molecule has 0 saturated carbocycles. The molecule has 0 unspecified atom stereocenters. The van der Waals surface area contributed by atoms with Crippen LogP contribution < -0.4 is 4.74 Å². The molecule has 82 valence electrons. The molecular formula is C11H6BrCl2NO. The summed E-state index contributed by atoms with van der Waals surface area (Å²) in [6.45, 7) is 0. The van der Waals surface area contributed by atoms with E-state index < -0.39 is 0 Å². The first kappa shape index (κ1) is 11.7. The van der Waals surface area contributed by atoms with Crippen LogP contribution in [0.1, 0.15) is 0 Å². The molecule has 0 fully saturated rings. The van der Waals surface area contributed by atoms with Gasteiger partial charge < -0.3 is 4.74 Å². The maximum absolute atomic E-state index is 5.94. The normalized spacial score (nSPS) is 10.2. The zero-order valence-electron chi connectivity index (χ0n) is 7.95. The predicted octanol–water partition coefficient (Wildman–Crippen LogP) is 4.94. The number of pyridine rings is 1. The summed E-state index contributed by atoms with van der Waals surface area (Å²) in [5, 5.41) is 0.854. The first-order valence-electron chi connectivity index (χ1n) is 4.40.